The maximum Gasteiger partial charge on any atom is 0.228 e. The Morgan fingerprint density at radius 2 is 1.86 bits per heavy atom. The van der Waals surface area contributed by atoms with Crippen LogP contribution in [0, 0.1) is 5.92 Å². The van der Waals surface area contributed by atoms with Crippen LogP contribution in [0.1, 0.15) is 19.8 Å². The summed E-state index contributed by atoms with van der Waals surface area (Å²) in [5.41, 5.74) is 0.629. The van der Waals surface area contributed by atoms with Gasteiger partial charge in [-0.25, -0.2) is 0 Å². The number of amides is 2. The number of carbonyl (C=O) groups is 2. The van der Waals surface area contributed by atoms with Crippen molar-refractivity contribution in [3.8, 4) is 17.2 Å². The Hall–Kier alpha value is -2.48. The number of hydrogen-bond donors (Lipinski definition) is 0. The fourth-order valence-corrected chi connectivity index (χ4v) is 3.86. The normalized spacial score (nSPS) is 22.4. The van der Waals surface area contributed by atoms with Crippen LogP contribution in [-0.2, 0) is 14.3 Å². The van der Waals surface area contributed by atoms with E-state index < -0.39 is 0 Å². The lowest BCUT2D eigenvalue weighted by molar-refractivity contribution is -0.144. The predicted molar refractivity (Wildman–Crippen MR) is 103 cm³/mol. The van der Waals surface area contributed by atoms with Crippen LogP contribution in [0.2, 0.25) is 0 Å². The van der Waals surface area contributed by atoms with Crippen LogP contribution in [-0.4, -0.2) is 70.4 Å². The van der Waals surface area contributed by atoms with Crippen molar-refractivity contribution in [3.05, 3.63) is 12.1 Å². The summed E-state index contributed by atoms with van der Waals surface area (Å²) in [6, 6.07) is 3.54. The molecule has 0 N–H and O–H groups in total. The molecular formula is C20H28N2O6. The van der Waals surface area contributed by atoms with E-state index in [2.05, 4.69) is 0 Å². The molecule has 0 spiro atoms. The van der Waals surface area contributed by atoms with E-state index in [1.54, 1.807) is 17.0 Å². The first-order chi connectivity index (χ1) is 13.5. The Bertz CT molecular complexity index is 712. The lowest BCUT2D eigenvalue weighted by atomic mass is 10.0. The second kappa shape index (κ2) is 8.68. The van der Waals surface area contributed by atoms with Gasteiger partial charge in [-0.05, 0) is 6.42 Å². The van der Waals surface area contributed by atoms with Crippen molar-refractivity contribution in [3.63, 3.8) is 0 Å². The molecule has 2 heterocycles. The third-order valence-electron chi connectivity index (χ3n) is 5.42. The summed E-state index contributed by atoms with van der Waals surface area (Å²) in [7, 11) is 4.59. The van der Waals surface area contributed by atoms with E-state index in [4.69, 9.17) is 18.9 Å². The molecule has 2 unspecified atom stereocenters. The topological polar surface area (TPSA) is 77.5 Å². The summed E-state index contributed by atoms with van der Waals surface area (Å²) in [6.07, 6.45) is 1.03. The molecule has 0 aromatic heterocycles. The van der Waals surface area contributed by atoms with Crippen LogP contribution in [0.4, 0.5) is 5.69 Å². The number of nitrogens with zero attached hydrogens (tertiary/aromatic N) is 2. The number of benzene rings is 1. The standard InChI is InChI=1S/C20H28N2O6/c1-5-14-12-28-7-6-21(14)20(24)13-8-18(23)22(11-13)15-9-16(25-2)19(27-4)17(10-15)26-3/h9-10,13-14H,5-8,11-12H2,1-4H3. The van der Waals surface area contributed by atoms with E-state index in [0.717, 1.165) is 6.42 Å². The zero-order valence-corrected chi connectivity index (χ0v) is 16.9. The van der Waals surface area contributed by atoms with Gasteiger partial charge in [0.2, 0.25) is 17.6 Å². The van der Waals surface area contributed by atoms with E-state index in [0.29, 0.717) is 49.2 Å². The molecule has 2 amide bonds. The molecule has 1 aromatic carbocycles. The molecule has 0 bridgehead atoms. The van der Waals surface area contributed by atoms with Crippen molar-refractivity contribution in [2.75, 3.05) is 52.5 Å². The number of ether oxygens (including phenoxy) is 4. The Labute approximate surface area is 165 Å². The lowest BCUT2D eigenvalue weighted by Crippen LogP contribution is -2.50. The van der Waals surface area contributed by atoms with Gasteiger partial charge in [0.25, 0.3) is 0 Å². The molecule has 8 nitrogen and oxygen atoms in total. The molecule has 2 atom stereocenters. The predicted octanol–water partition coefficient (Wildman–Crippen LogP) is 1.70. The number of rotatable bonds is 6. The van der Waals surface area contributed by atoms with Crippen LogP contribution < -0.4 is 19.1 Å². The second-order valence-corrected chi connectivity index (χ2v) is 6.96. The number of methoxy groups -OCH3 is 3. The minimum absolute atomic E-state index is 0.0263. The van der Waals surface area contributed by atoms with E-state index in [1.165, 1.54) is 21.3 Å². The van der Waals surface area contributed by atoms with Crippen molar-refractivity contribution in [1.82, 2.24) is 4.90 Å². The first kappa shape index (κ1) is 20.3. The summed E-state index contributed by atoms with van der Waals surface area (Å²) < 4.78 is 21.6. The number of anilines is 1. The van der Waals surface area contributed by atoms with Crippen molar-refractivity contribution >= 4 is 17.5 Å². The third kappa shape index (κ3) is 3.73. The zero-order valence-electron chi connectivity index (χ0n) is 16.9. The average molecular weight is 392 g/mol. The van der Waals surface area contributed by atoms with Gasteiger partial charge >= 0.3 is 0 Å². The summed E-state index contributed by atoms with van der Waals surface area (Å²) in [5.74, 6) is 0.982. The molecule has 154 valence electrons. The van der Waals surface area contributed by atoms with Crippen molar-refractivity contribution in [2.45, 2.75) is 25.8 Å². The van der Waals surface area contributed by atoms with Crippen LogP contribution in [0.25, 0.3) is 0 Å². The SMILES string of the molecule is CCC1COCCN1C(=O)C1CC(=O)N(c2cc(OC)c(OC)c(OC)c2)C1. The molecule has 2 aliphatic rings. The molecule has 2 aliphatic heterocycles. The molecule has 1 aromatic rings. The largest absolute Gasteiger partial charge is 0.493 e. The minimum Gasteiger partial charge on any atom is -0.493 e. The molecule has 3 rings (SSSR count). The fraction of sp³-hybridized carbons (Fsp3) is 0.600. The maximum atomic E-state index is 13.1. The van der Waals surface area contributed by atoms with Crippen LogP contribution in [0.5, 0.6) is 17.2 Å². The summed E-state index contributed by atoms with van der Waals surface area (Å²) in [4.78, 5) is 29.3. The van der Waals surface area contributed by atoms with E-state index in [-0.39, 0.29) is 30.2 Å². The number of hydrogen-bond acceptors (Lipinski definition) is 6. The van der Waals surface area contributed by atoms with Gasteiger partial charge in [0, 0.05) is 31.6 Å². The molecule has 8 heteroatoms. The van der Waals surface area contributed by atoms with Gasteiger partial charge in [-0.3, -0.25) is 9.59 Å². The van der Waals surface area contributed by atoms with Gasteiger partial charge in [0.1, 0.15) is 0 Å². The highest BCUT2D eigenvalue weighted by atomic mass is 16.5. The average Bonchev–Trinajstić information content (AvgIpc) is 3.13. The molecule has 28 heavy (non-hydrogen) atoms. The van der Waals surface area contributed by atoms with Crippen LogP contribution in [0.15, 0.2) is 12.1 Å². The first-order valence-corrected chi connectivity index (χ1v) is 9.52. The lowest BCUT2D eigenvalue weighted by Gasteiger charge is -2.36. The highest BCUT2D eigenvalue weighted by Gasteiger charge is 2.39. The molecule has 2 fully saturated rings. The van der Waals surface area contributed by atoms with Gasteiger partial charge in [0.05, 0.1) is 52.2 Å². The number of morpholine rings is 1. The Morgan fingerprint density at radius 1 is 1.18 bits per heavy atom. The molecule has 0 saturated carbocycles. The van der Waals surface area contributed by atoms with E-state index in [9.17, 15) is 9.59 Å². The van der Waals surface area contributed by atoms with Gasteiger partial charge in [0.15, 0.2) is 11.5 Å². The smallest absolute Gasteiger partial charge is 0.228 e. The Balaban J connectivity index is 1.82. The second-order valence-electron chi connectivity index (χ2n) is 6.96. The monoisotopic (exact) mass is 392 g/mol. The van der Waals surface area contributed by atoms with Gasteiger partial charge in [-0.1, -0.05) is 6.92 Å². The van der Waals surface area contributed by atoms with E-state index in [1.807, 2.05) is 11.8 Å². The van der Waals surface area contributed by atoms with Crippen LogP contribution >= 0.6 is 0 Å². The van der Waals surface area contributed by atoms with Crippen LogP contribution in [0.3, 0.4) is 0 Å². The highest BCUT2D eigenvalue weighted by molar-refractivity contribution is 6.00. The minimum atomic E-state index is -0.362. The van der Waals surface area contributed by atoms with Crippen molar-refractivity contribution in [2.24, 2.45) is 5.92 Å². The maximum absolute atomic E-state index is 13.1. The summed E-state index contributed by atoms with van der Waals surface area (Å²) >= 11 is 0. The van der Waals surface area contributed by atoms with Crippen molar-refractivity contribution < 1.29 is 28.5 Å². The summed E-state index contributed by atoms with van der Waals surface area (Å²) in [5, 5.41) is 0. The molecule has 0 aliphatic carbocycles. The summed E-state index contributed by atoms with van der Waals surface area (Å²) in [6.45, 7) is 4.05. The van der Waals surface area contributed by atoms with Crippen molar-refractivity contribution in [1.29, 1.82) is 0 Å². The highest BCUT2D eigenvalue weighted by Crippen LogP contribution is 2.42. The molecule has 0 radical (unpaired) electrons. The molecule has 2 saturated heterocycles. The zero-order chi connectivity index (χ0) is 20.3. The Kier molecular flexibility index (Phi) is 6.28. The van der Waals surface area contributed by atoms with Gasteiger partial charge in [-0.15, -0.1) is 0 Å². The molecular weight excluding hydrogens is 364 g/mol. The quantitative estimate of drug-likeness (QED) is 0.733. The Morgan fingerprint density at radius 3 is 2.43 bits per heavy atom. The fourth-order valence-electron chi connectivity index (χ4n) is 3.86. The van der Waals surface area contributed by atoms with Gasteiger partial charge in [-0.2, -0.15) is 0 Å². The first-order valence-electron chi connectivity index (χ1n) is 9.52. The third-order valence-corrected chi connectivity index (χ3v) is 5.42. The van der Waals surface area contributed by atoms with Gasteiger partial charge < -0.3 is 28.7 Å². The number of carbonyl (C=O) groups excluding carboxylic acids is 2. The van der Waals surface area contributed by atoms with E-state index >= 15 is 0 Å².